The van der Waals surface area contributed by atoms with E-state index in [1.165, 1.54) is 14.2 Å². The first-order valence-corrected chi connectivity index (χ1v) is 5.46. The topological polar surface area (TPSA) is 68.6 Å². The van der Waals surface area contributed by atoms with E-state index in [1.807, 2.05) is 6.07 Å². The van der Waals surface area contributed by atoms with Crippen molar-refractivity contribution in [2.24, 2.45) is 0 Å². The van der Waals surface area contributed by atoms with Crippen LogP contribution in [0.2, 0.25) is 0 Å². The van der Waals surface area contributed by atoms with Crippen LogP contribution < -0.4 is 9.47 Å². The van der Waals surface area contributed by atoms with Crippen LogP contribution in [-0.4, -0.2) is 26.8 Å². The molecule has 1 aromatic rings. The molecule has 0 fully saturated rings. The third-order valence-electron chi connectivity index (χ3n) is 2.36. The van der Waals surface area contributed by atoms with Crippen molar-refractivity contribution in [1.29, 1.82) is 5.26 Å². The Balaban J connectivity index is 3.10. The zero-order valence-corrected chi connectivity index (χ0v) is 10.6. The van der Waals surface area contributed by atoms with Gasteiger partial charge in [-0.25, -0.2) is 0 Å². The molecule has 0 aliphatic carbocycles. The number of nitriles is 1. The second-order valence-corrected chi connectivity index (χ2v) is 3.46. The number of hydrogen-bond acceptors (Lipinski definition) is 5. The van der Waals surface area contributed by atoms with E-state index < -0.39 is 0 Å². The van der Waals surface area contributed by atoms with Crippen molar-refractivity contribution in [2.75, 3.05) is 20.8 Å². The van der Waals surface area contributed by atoms with Gasteiger partial charge in [-0.3, -0.25) is 4.79 Å². The third-order valence-corrected chi connectivity index (χ3v) is 2.36. The number of esters is 1. The van der Waals surface area contributed by atoms with Gasteiger partial charge in [-0.1, -0.05) is 0 Å². The van der Waals surface area contributed by atoms with Gasteiger partial charge in [0.15, 0.2) is 0 Å². The number of carbonyl (C=O) groups excluding carboxylic acids is 1. The summed E-state index contributed by atoms with van der Waals surface area (Å²) in [4.78, 5) is 11.4. The summed E-state index contributed by atoms with van der Waals surface area (Å²) in [6.45, 7) is 2.06. The van der Waals surface area contributed by atoms with Crippen molar-refractivity contribution in [3.05, 3.63) is 23.3 Å². The maximum Gasteiger partial charge on any atom is 0.310 e. The van der Waals surface area contributed by atoms with Crippen LogP contribution in [0.4, 0.5) is 0 Å². The molecule has 0 amide bonds. The van der Waals surface area contributed by atoms with Crippen LogP contribution in [0, 0.1) is 11.3 Å². The van der Waals surface area contributed by atoms with E-state index in [0.717, 1.165) is 0 Å². The summed E-state index contributed by atoms with van der Waals surface area (Å²) in [5.74, 6) is 0.561. The minimum Gasteiger partial charge on any atom is -0.496 e. The summed E-state index contributed by atoms with van der Waals surface area (Å²) in [5, 5.41) is 8.99. The van der Waals surface area contributed by atoms with E-state index in [-0.39, 0.29) is 12.4 Å². The van der Waals surface area contributed by atoms with Crippen molar-refractivity contribution in [1.82, 2.24) is 0 Å². The van der Waals surface area contributed by atoms with Crippen LogP contribution in [-0.2, 0) is 16.0 Å². The minimum absolute atomic E-state index is 0.0652. The van der Waals surface area contributed by atoms with E-state index in [4.69, 9.17) is 19.5 Å². The lowest BCUT2D eigenvalue weighted by Crippen LogP contribution is -2.09. The molecule has 5 nitrogen and oxygen atoms in total. The molecule has 0 saturated carbocycles. The molecule has 0 saturated heterocycles. The Morgan fingerprint density at radius 1 is 1.28 bits per heavy atom. The summed E-state index contributed by atoms with van der Waals surface area (Å²) in [6, 6.07) is 5.18. The SMILES string of the molecule is CCOC(=O)Cc1cc(C#N)c(OC)cc1OC. The number of rotatable bonds is 5. The van der Waals surface area contributed by atoms with Crippen LogP contribution >= 0.6 is 0 Å². The lowest BCUT2D eigenvalue weighted by atomic mass is 10.1. The van der Waals surface area contributed by atoms with Crippen molar-refractivity contribution in [3.8, 4) is 17.6 Å². The molecule has 96 valence electrons. The van der Waals surface area contributed by atoms with Gasteiger partial charge in [-0.05, 0) is 13.0 Å². The number of nitrogens with zero attached hydrogens (tertiary/aromatic N) is 1. The van der Waals surface area contributed by atoms with E-state index in [1.54, 1.807) is 19.1 Å². The van der Waals surface area contributed by atoms with Crippen molar-refractivity contribution in [3.63, 3.8) is 0 Å². The van der Waals surface area contributed by atoms with Crippen molar-refractivity contribution >= 4 is 5.97 Å². The van der Waals surface area contributed by atoms with Gasteiger partial charge >= 0.3 is 5.97 Å². The molecule has 0 N–H and O–H groups in total. The highest BCUT2D eigenvalue weighted by Crippen LogP contribution is 2.29. The molecule has 0 aromatic heterocycles. The highest BCUT2D eigenvalue weighted by molar-refractivity contribution is 5.74. The lowest BCUT2D eigenvalue weighted by Gasteiger charge is -2.11. The van der Waals surface area contributed by atoms with Gasteiger partial charge in [0.25, 0.3) is 0 Å². The van der Waals surface area contributed by atoms with Gasteiger partial charge in [-0.15, -0.1) is 0 Å². The highest BCUT2D eigenvalue weighted by atomic mass is 16.5. The molecular formula is C13H15NO4. The summed E-state index contributed by atoms with van der Waals surface area (Å²) >= 11 is 0. The quantitative estimate of drug-likeness (QED) is 0.742. The second-order valence-electron chi connectivity index (χ2n) is 3.46. The predicted octanol–water partition coefficient (Wildman–Crippen LogP) is 1.68. The largest absolute Gasteiger partial charge is 0.496 e. The molecule has 1 aromatic carbocycles. The number of hydrogen-bond donors (Lipinski definition) is 0. The summed E-state index contributed by atoms with van der Waals surface area (Å²) in [5.41, 5.74) is 0.964. The van der Waals surface area contributed by atoms with Crippen LogP contribution in [0.15, 0.2) is 12.1 Å². The molecule has 1 rings (SSSR count). The molecule has 5 heteroatoms. The van der Waals surface area contributed by atoms with E-state index in [0.29, 0.717) is 29.2 Å². The fourth-order valence-corrected chi connectivity index (χ4v) is 1.56. The zero-order chi connectivity index (χ0) is 13.5. The van der Waals surface area contributed by atoms with Crippen LogP contribution in [0.1, 0.15) is 18.1 Å². The van der Waals surface area contributed by atoms with Crippen molar-refractivity contribution < 1.29 is 19.0 Å². The van der Waals surface area contributed by atoms with Crippen LogP contribution in [0.3, 0.4) is 0 Å². The summed E-state index contributed by atoms with van der Waals surface area (Å²) < 4.78 is 15.1. The van der Waals surface area contributed by atoms with Gasteiger partial charge in [0.05, 0.1) is 32.8 Å². The van der Waals surface area contributed by atoms with Gasteiger partial charge < -0.3 is 14.2 Å². The van der Waals surface area contributed by atoms with Gasteiger partial charge in [0.1, 0.15) is 17.6 Å². The number of methoxy groups -OCH3 is 2. The number of ether oxygens (including phenoxy) is 3. The minimum atomic E-state index is -0.357. The third kappa shape index (κ3) is 3.14. The second kappa shape index (κ2) is 6.50. The molecule has 0 bridgehead atoms. The number of carbonyl (C=O) groups is 1. The van der Waals surface area contributed by atoms with Crippen molar-refractivity contribution in [2.45, 2.75) is 13.3 Å². The van der Waals surface area contributed by atoms with Crippen LogP contribution in [0.25, 0.3) is 0 Å². The molecule has 0 radical (unpaired) electrons. The van der Waals surface area contributed by atoms with E-state index in [9.17, 15) is 4.79 Å². The fraction of sp³-hybridized carbons (Fsp3) is 0.385. The Hall–Kier alpha value is -2.22. The molecule has 18 heavy (non-hydrogen) atoms. The zero-order valence-electron chi connectivity index (χ0n) is 10.6. The molecule has 0 aliphatic heterocycles. The maximum absolute atomic E-state index is 11.4. The Bertz CT molecular complexity index is 477. The molecule has 0 heterocycles. The Labute approximate surface area is 106 Å². The van der Waals surface area contributed by atoms with E-state index in [2.05, 4.69) is 0 Å². The Kier molecular flexibility index (Phi) is 5.00. The predicted molar refractivity (Wildman–Crippen MR) is 64.6 cm³/mol. The average Bonchev–Trinajstić information content (AvgIpc) is 2.38. The van der Waals surface area contributed by atoms with Gasteiger partial charge in [0, 0.05) is 11.6 Å². The van der Waals surface area contributed by atoms with Gasteiger partial charge in [0.2, 0.25) is 0 Å². The normalized spacial score (nSPS) is 9.44. The Morgan fingerprint density at radius 2 is 1.94 bits per heavy atom. The molecule has 0 atom stereocenters. The van der Waals surface area contributed by atoms with Crippen LogP contribution in [0.5, 0.6) is 11.5 Å². The smallest absolute Gasteiger partial charge is 0.310 e. The highest BCUT2D eigenvalue weighted by Gasteiger charge is 2.14. The standard InChI is InChI=1S/C13H15NO4/c1-4-18-13(15)6-9-5-10(8-14)12(17-3)7-11(9)16-2/h5,7H,4,6H2,1-3H3. The lowest BCUT2D eigenvalue weighted by molar-refractivity contribution is -0.142. The molecule has 0 unspecified atom stereocenters. The molecule has 0 spiro atoms. The summed E-state index contributed by atoms with van der Waals surface area (Å²) in [6.07, 6.45) is 0.0652. The van der Waals surface area contributed by atoms with E-state index >= 15 is 0 Å². The molecular weight excluding hydrogens is 234 g/mol. The summed E-state index contributed by atoms with van der Waals surface area (Å²) in [7, 11) is 2.97. The first-order valence-electron chi connectivity index (χ1n) is 5.46. The fourth-order valence-electron chi connectivity index (χ4n) is 1.56. The number of benzene rings is 1. The monoisotopic (exact) mass is 249 g/mol. The Morgan fingerprint density at radius 3 is 2.44 bits per heavy atom. The first-order chi connectivity index (χ1) is 8.65. The molecule has 0 aliphatic rings. The first kappa shape index (κ1) is 13.8. The maximum atomic E-state index is 11.4. The van der Waals surface area contributed by atoms with Gasteiger partial charge in [-0.2, -0.15) is 5.26 Å². The average molecular weight is 249 g/mol.